The topological polar surface area (TPSA) is 60.0 Å². The van der Waals surface area contributed by atoms with Crippen molar-refractivity contribution in [2.24, 2.45) is 4.99 Å². The number of amides is 1. The highest BCUT2D eigenvalue weighted by Crippen LogP contribution is 2.20. The Labute approximate surface area is 167 Å². The third-order valence-electron chi connectivity index (χ3n) is 4.74. The molecule has 1 aromatic rings. The fourth-order valence-electron chi connectivity index (χ4n) is 3.15. The lowest BCUT2D eigenvalue weighted by molar-refractivity contribution is -0.127. The molecule has 0 aliphatic carbocycles. The highest BCUT2D eigenvalue weighted by Gasteiger charge is 2.29. The van der Waals surface area contributed by atoms with E-state index in [1.54, 1.807) is 30.8 Å². The number of benzene rings is 1. The minimum atomic E-state index is 0.00598. The standard InChI is InChI=1S/C20H33N5OS/c1-16-12-18(15-25(16)14-17-8-6-5-7-9-17)23-20(21-10-11-27-4)22-13-19(26)24(2)3/h5-9,16,18H,10-15H2,1-4H3,(H2,21,22,23). The van der Waals surface area contributed by atoms with E-state index in [0.717, 1.165) is 37.8 Å². The predicted octanol–water partition coefficient (Wildman–Crippen LogP) is 1.64. The van der Waals surface area contributed by atoms with Gasteiger partial charge in [-0.25, -0.2) is 4.99 Å². The molecule has 0 bridgehead atoms. The molecule has 1 aromatic carbocycles. The Morgan fingerprint density at radius 2 is 2.07 bits per heavy atom. The van der Waals surface area contributed by atoms with Gasteiger partial charge in [0.15, 0.2) is 5.96 Å². The zero-order chi connectivity index (χ0) is 19.6. The van der Waals surface area contributed by atoms with E-state index in [9.17, 15) is 4.79 Å². The van der Waals surface area contributed by atoms with Gasteiger partial charge in [-0.3, -0.25) is 9.69 Å². The minimum absolute atomic E-state index is 0.00598. The Bertz CT molecular complexity index is 608. The molecule has 1 fully saturated rings. The van der Waals surface area contributed by atoms with Crippen molar-refractivity contribution in [2.45, 2.75) is 32.0 Å². The number of aliphatic imine (C=N–C) groups is 1. The highest BCUT2D eigenvalue weighted by atomic mass is 32.2. The summed E-state index contributed by atoms with van der Waals surface area (Å²) < 4.78 is 0. The molecule has 1 aliphatic heterocycles. The summed E-state index contributed by atoms with van der Waals surface area (Å²) in [6.45, 7) is 5.21. The maximum atomic E-state index is 11.9. The molecule has 1 saturated heterocycles. The van der Waals surface area contributed by atoms with Crippen LogP contribution in [0.5, 0.6) is 0 Å². The monoisotopic (exact) mass is 391 g/mol. The van der Waals surface area contributed by atoms with Crippen molar-refractivity contribution in [3.05, 3.63) is 35.9 Å². The van der Waals surface area contributed by atoms with E-state index in [0.29, 0.717) is 12.1 Å². The summed E-state index contributed by atoms with van der Waals surface area (Å²) >= 11 is 1.79. The molecule has 1 heterocycles. The molecule has 27 heavy (non-hydrogen) atoms. The molecule has 7 heteroatoms. The number of thioether (sulfide) groups is 1. The molecule has 0 radical (unpaired) electrons. The largest absolute Gasteiger partial charge is 0.356 e. The summed E-state index contributed by atoms with van der Waals surface area (Å²) in [6.07, 6.45) is 3.15. The average Bonchev–Trinajstić information content (AvgIpc) is 2.99. The maximum absolute atomic E-state index is 11.9. The molecule has 2 N–H and O–H groups in total. The van der Waals surface area contributed by atoms with Crippen LogP contribution in [0.25, 0.3) is 0 Å². The lowest BCUT2D eigenvalue weighted by atomic mass is 10.2. The van der Waals surface area contributed by atoms with Gasteiger partial charge in [0, 0.05) is 51.6 Å². The minimum Gasteiger partial charge on any atom is -0.356 e. The Kier molecular flexibility index (Phi) is 8.94. The molecular weight excluding hydrogens is 358 g/mol. The molecule has 2 rings (SSSR count). The van der Waals surface area contributed by atoms with Crippen LogP contribution in [0.15, 0.2) is 35.3 Å². The van der Waals surface area contributed by atoms with Crippen molar-refractivity contribution in [3.63, 3.8) is 0 Å². The average molecular weight is 392 g/mol. The van der Waals surface area contributed by atoms with Crippen molar-refractivity contribution in [2.75, 3.05) is 45.7 Å². The third-order valence-corrected chi connectivity index (χ3v) is 5.36. The van der Waals surface area contributed by atoms with Crippen LogP contribution in [0.3, 0.4) is 0 Å². The number of nitrogens with zero attached hydrogens (tertiary/aromatic N) is 3. The summed E-state index contributed by atoms with van der Waals surface area (Å²) in [5.74, 6) is 1.74. The van der Waals surface area contributed by atoms with Crippen LogP contribution in [0, 0.1) is 0 Å². The van der Waals surface area contributed by atoms with Crippen molar-refractivity contribution in [1.82, 2.24) is 20.4 Å². The van der Waals surface area contributed by atoms with E-state index in [4.69, 9.17) is 0 Å². The van der Waals surface area contributed by atoms with E-state index < -0.39 is 0 Å². The van der Waals surface area contributed by atoms with Gasteiger partial charge in [-0.1, -0.05) is 30.3 Å². The van der Waals surface area contributed by atoms with Crippen LogP contribution in [-0.2, 0) is 11.3 Å². The summed E-state index contributed by atoms with van der Waals surface area (Å²) in [7, 11) is 3.51. The van der Waals surface area contributed by atoms with E-state index >= 15 is 0 Å². The molecule has 2 unspecified atom stereocenters. The fraction of sp³-hybridized carbons (Fsp3) is 0.600. The zero-order valence-electron chi connectivity index (χ0n) is 16.9. The van der Waals surface area contributed by atoms with Gasteiger partial charge in [-0.2, -0.15) is 11.8 Å². The van der Waals surface area contributed by atoms with E-state index in [2.05, 4.69) is 64.0 Å². The molecule has 150 valence electrons. The molecule has 1 aliphatic rings. The van der Waals surface area contributed by atoms with Crippen LogP contribution in [0.4, 0.5) is 0 Å². The van der Waals surface area contributed by atoms with Gasteiger partial charge in [-0.15, -0.1) is 0 Å². The van der Waals surface area contributed by atoms with Gasteiger partial charge in [0.2, 0.25) is 5.91 Å². The summed E-state index contributed by atoms with van der Waals surface area (Å²) in [6, 6.07) is 11.4. The van der Waals surface area contributed by atoms with Crippen molar-refractivity contribution >= 4 is 23.6 Å². The lowest BCUT2D eigenvalue weighted by Crippen LogP contribution is -2.45. The SMILES string of the molecule is CSCCNC(=NCC(=O)N(C)C)NC1CC(C)N(Cc2ccccc2)C1. The number of rotatable bonds is 8. The Morgan fingerprint density at radius 3 is 2.74 bits per heavy atom. The number of hydrogen-bond donors (Lipinski definition) is 2. The normalized spacial score (nSPS) is 20.5. The van der Waals surface area contributed by atoms with Gasteiger partial charge in [0.1, 0.15) is 6.54 Å². The van der Waals surface area contributed by atoms with Crippen molar-refractivity contribution < 1.29 is 4.79 Å². The van der Waals surface area contributed by atoms with Crippen LogP contribution in [0.1, 0.15) is 18.9 Å². The molecule has 0 spiro atoms. The van der Waals surface area contributed by atoms with Crippen LogP contribution < -0.4 is 10.6 Å². The van der Waals surface area contributed by atoms with E-state index in [1.165, 1.54) is 5.56 Å². The first kappa shape index (κ1) is 21.6. The molecule has 0 saturated carbocycles. The summed E-state index contributed by atoms with van der Waals surface area (Å²) in [5, 5.41) is 6.88. The maximum Gasteiger partial charge on any atom is 0.243 e. The fourth-order valence-corrected chi connectivity index (χ4v) is 3.45. The van der Waals surface area contributed by atoms with Crippen molar-refractivity contribution in [1.29, 1.82) is 0 Å². The van der Waals surface area contributed by atoms with Gasteiger partial charge in [0.05, 0.1) is 0 Å². The second kappa shape index (κ2) is 11.2. The number of likely N-dealkylation sites (N-methyl/N-ethyl adjacent to an activating group) is 1. The highest BCUT2D eigenvalue weighted by molar-refractivity contribution is 7.98. The summed E-state index contributed by atoms with van der Waals surface area (Å²) in [5.41, 5.74) is 1.34. The first-order chi connectivity index (χ1) is 13.0. The Hall–Kier alpha value is -1.73. The number of carbonyl (C=O) groups excluding carboxylic acids is 1. The van der Waals surface area contributed by atoms with E-state index in [1.807, 2.05) is 0 Å². The number of likely N-dealkylation sites (tertiary alicyclic amines) is 1. The third kappa shape index (κ3) is 7.42. The second-order valence-electron chi connectivity index (χ2n) is 7.21. The Morgan fingerprint density at radius 1 is 1.33 bits per heavy atom. The van der Waals surface area contributed by atoms with Gasteiger partial charge in [0.25, 0.3) is 0 Å². The molecule has 6 nitrogen and oxygen atoms in total. The van der Waals surface area contributed by atoms with E-state index in [-0.39, 0.29) is 12.5 Å². The van der Waals surface area contributed by atoms with Crippen molar-refractivity contribution in [3.8, 4) is 0 Å². The van der Waals surface area contributed by atoms with Gasteiger partial charge >= 0.3 is 0 Å². The number of guanidine groups is 1. The molecular formula is C20H33N5OS. The smallest absolute Gasteiger partial charge is 0.243 e. The lowest BCUT2D eigenvalue weighted by Gasteiger charge is -2.21. The quantitative estimate of drug-likeness (QED) is 0.401. The number of hydrogen-bond acceptors (Lipinski definition) is 4. The van der Waals surface area contributed by atoms with Gasteiger partial charge < -0.3 is 15.5 Å². The second-order valence-corrected chi connectivity index (χ2v) is 8.20. The Balaban J connectivity index is 1.93. The number of nitrogens with one attached hydrogen (secondary N) is 2. The molecule has 2 atom stereocenters. The van der Waals surface area contributed by atoms with Gasteiger partial charge in [-0.05, 0) is 25.2 Å². The van der Waals surface area contributed by atoms with Crippen LogP contribution >= 0.6 is 11.8 Å². The number of carbonyl (C=O) groups is 1. The zero-order valence-corrected chi connectivity index (χ0v) is 17.8. The predicted molar refractivity (Wildman–Crippen MR) is 115 cm³/mol. The molecule has 0 aromatic heterocycles. The first-order valence-corrected chi connectivity index (χ1v) is 10.9. The first-order valence-electron chi connectivity index (χ1n) is 9.51. The summed E-state index contributed by atoms with van der Waals surface area (Å²) in [4.78, 5) is 20.4. The molecule has 1 amide bonds. The van der Waals surface area contributed by atoms with Crippen LogP contribution in [-0.4, -0.2) is 79.5 Å². The van der Waals surface area contributed by atoms with Crippen LogP contribution in [0.2, 0.25) is 0 Å².